The lowest BCUT2D eigenvalue weighted by atomic mass is 10.1. The molecule has 0 amide bonds. The minimum absolute atomic E-state index is 0.473. The van der Waals surface area contributed by atoms with Crippen molar-refractivity contribution >= 4 is 0 Å². The van der Waals surface area contributed by atoms with Crippen LogP contribution in [0.5, 0.6) is 0 Å². The molecule has 0 unspecified atom stereocenters. The molecule has 0 aromatic rings. The van der Waals surface area contributed by atoms with Crippen LogP contribution >= 0.6 is 0 Å². The molecule has 1 fully saturated rings. The fourth-order valence-electron chi connectivity index (χ4n) is 1.73. The Labute approximate surface area is 76.1 Å². The van der Waals surface area contributed by atoms with Gasteiger partial charge in [-0.25, -0.2) is 0 Å². The summed E-state index contributed by atoms with van der Waals surface area (Å²) in [7, 11) is 0. The van der Waals surface area contributed by atoms with Crippen LogP contribution in [0.25, 0.3) is 0 Å². The summed E-state index contributed by atoms with van der Waals surface area (Å²) < 4.78 is 0. The van der Waals surface area contributed by atoms with Crippen molar-refractivity contribution in [2.45, 2.75) is 45.1 Å². The van der Waals surface area contributed by atoms with Gasteiger partial charge in [-0.3, -0.25) is 0 Å². The van der Waals surface area contributed by atoms with Crippen LogP contribution in [0.4, 0.5) is 0 Å². The van der Waals surface area contributed by atoms with Crippen molar-refractivity contribution in [3.63, 3.8) is 0 Å². The number of unbranched alkanes of at least 4 members (excludes halogenated alkanes) is 4. The van der Waals surface area contributed by atoms with Crippen molar-refractivity contribution < 1.29 is 0 Å². The fourth-order valence-corrected chi connectivity index (χ4v) is 1.73. The third kappa shape index (κ3) is 3.55. The normalized spacial score (nSPS) is 19.5. The van der Waals surface area contributed by atoms with E-state index in [-0.39, 0.29) is 0 Å². The first kappa shape index (κ1) is 10.0. The number of hydrogen-bond acceptors (Lipinski definition) is 2. The average molecular weight is 170 g/mol. The minimum Gasteiger partial charge on any atom is -0.325 e. The van der Waals surface area contributed by atoms with E-state index < -0.39 is 0 Å². The molecule has 2 nitrogen and oxygen atoms in total. The molecule has 1 aliphatic heterocycles. The lowest BCUT2D eigenvalue weighted by Crippen LogP contribution is -2.55. The van der Waals surface area contributed by atoms with Crippen molar-refractivity contribution in [3.05, 3.63) is 0 Å². The van der Waals surface area contributed by atoms with Gasteiger partial charge in [0, 0.05) is 19.1 Å². The first-order valence-corrected chi connectivity index (χ1v) is 5.31. The Bertz CT molecular complexity index is 108. The van der Waals surface area contributed by atoms with E-state index >= 15 is 0 Å². The van der Waals surface area contributed by atoms with E-state index in [9.17, 15) is 0 Å². The second-order valence-electron chi connectivity index (χ2n) is 3.93. The summed E-state index contributed by atoms with van der Waals surface area (Å²) in [5, 5.41) is 0. The third-order valence-corrected chi connectivity index (χ3v) is 2.56. The van der Waals surface area contributed by atoms with E-state index in [1.807, 2.05) is 0 Å². The van der Waals surface area contributed by atoms with E-state index in [1.165, 1.54) is 38.6 Å². The highest BCUT2D eigenvalue weighted by molar-refractivity contribution is 4.81. The Morgan fingerprint density at radius 1 is 1.17 bits per heavy atom. The minimum atomic E-state index is 0.473. The van der Waals surface area contributed by atoms with Crippen molar-refractivity contribution in [1.29, 1.82) is 0 Å². The zero-order valence-corrected chi connectivity index (χ0v) is 8.26. The highest BCUT2D eigenvalue weighted by atomic mass is 15.2. The molecule has 2 N–H and O–H groups in total. The smallest absolute Gasteiger partial charge is 0.0297 e. The second-order valence-corrected chi connectivity index (χ2v) is 3.93. The molecule has 72 valence electrons. The Morgan fingerprint density at radius 2 is 1.83 bits per heavy atom. The molecule has 0 aromatic carbocycles. The highest BCUT2D eigenvalue weighted by Crippen LogP contribution is 2.08. The summed E-state index contributed by atoms with van der Waals surface area (Å²) in [6.07, 6.45) is 6.93. The van der Waals surface area contributed by atoms with E-state index in [0.29, 0.717) is 6.04 Å². The summed E-state index contributed by atoms with van der Waals surface area (Å²) in [6.45, 7) is 5.80. The molecule has 1 heterocycles. The van der Waals surface area contributed by atoms with E-state index in [2.05, 4.69) is 11.8 Å². The average Bonchev–Trinajstić information content (AvgIpc) is 2.00. The van der Waals surface area contributed by atoms with Crippen LogP contribution in [0.15, 0.2) is 0 Å². The Balaban J connectivity index is 1.77. The quantitative estimate of drug-likeness (QED) is 0.613. The molecular formula is C10H22N2. The first-order chi connectivity index (χ1) is 5.83. The monoisotopic (exact) mass is 170 g/mol. The number of rotatable bonds is 6. The van der Waals surface area contributed by atoms with E-state index in [4.69, 9.17) is 5.73 Å². The van der Waals surface area contributed by atoms with Crippen LogP contribution in [-0.2, 0) is 0 Å². The van der Waals surface area contributed by atoms with Gasteiger partial charge in [-0.2, -0.15) is 0 Å². The maximum atomic E-state index is 5.68. The van der Waals surface area contributed by atoms with Crippen LogP contribution in [0.2, 0.25) is 0 Å². The molecule has 0 saturated carbocycles. The molecule has 0 bridgehead atoms. The van der Waals surface area contributed by atoms with Gasteiger partial charge in [0.15, 0.2) is 0 Å². The summed E-state index contributed by atoms with van der Waals surface area (Å²) in [5.74, 6) is 0. The van der Waals surface area contributed by atoms with Gasteiger partial charge in [0.2, 0.25) is 0 Å². The van der Waals surface area contributed by atoms with Crippen LogP contribution in [0.1, 0.15) is 39.0 Å². The number of likely N-dealkylation sites (tertiary alicyclic amines) is 1. The van der Waals surface area contributed by atoms with E-state index in [1.54, 1.807) is 0 Å². The molecule has 0 radical (unpaired) electrons. The second kappa shape index (κ2) is 5.55. The van der Waals surface area contributed by atoms with Gasteiger partial charge in [-0.05, 0) is 13.0 Å². The fraction of sp³-hybridized carbons (Fsp3) is 1.00. The molecule has 1 rings (SSSR count). The van der Waals surface area contributed by atoms with Gasteiger partial charge in [0.05, 0.1) is 0 Å². The maximum absolute atomic E-state index is 5.68. The van der Waals surface area contributed by atoms with Crippen LogP contribution < -0.4 is 5.73 Å². The summed E-state index contributed by atoms with van der Waals surface area (Å²) in [5.41, 5.74) is 5.68. The van der Waals surface area contributed by atoms with Crippen LogP contribution in [0, 0.1) is 0 Å². The summed E-state index contributed by atoms with van der Waals surface area (Å²) >= 11 is 0. The predicted molar refractivity (Wildman–Crippen MR) is 53.2 cm³/mol. The number of nitrogens with two attached hydrogens (primary N) is 1. The molecule has 1 aliphatic rings. The number of hydrogen-bond donors (Lipinski definition) is 1. The topological polar surface area (TPSA) is 29.3 Å². The largest absolute Gasteiger partial charge is 0.325 e. The summed E-state index contributed by atoms with van der Waals surface area (Å²) in [4.78, 5) is 2.45. The van der Waals surface area contributed by atoms with Gasteiger partial charge in [-0.15, -0.1) is 0 Å². The van der Waals surface area contributed by atoms with Gasteiger partial charge in [0.25, 0.3) is 0 Å². The molecular weight excluding hydrogens is 148 g/mol. The lowest BCUT2D eigenvalue weighted by Gasteiger charge is -2.36. The lowest BCUT2D eigenvalue weighted by molar-refractivity contribution is 0.148. The molecule has 0 atom stereocenters. The van der Waals surface area contributed by atoms with Gasteiger partial charge >= 0.3 is 0 Å². The molecule has 0 aliphatic carbocycles. The molecule has 1 saturated heterocycles. The standard InChI is InChI=1S/C10H22N2/c1-2-3-4-5-6-7-12-8-10(11)9-12/h10H,2-9,11H2,1H3. The van der Waals surface area contributed by atoms with Gasteiger partial charge in [0.1, 0.15) is 0 Å². The van der Waals surface area contributed by atoms with Crippen molar-refractivity contribution in [2.24, 2.45) is 5.73 Å². The van der Waals surface area contributed by atoms with Crippen molar-refractivity contribution in [3.8, 4) is 0 Å². The number of nitrogens with zero attached hydrogens (tertiary/aromatic N) is 1. The summed E-state index contributed by atoms with van der Waals surface area (Å²) in [6, 6.07) is 0.473. The van der Waals surface area contributed by atoms with Crippen LogP contribution in [-0.4, -0.2) is 30.6 Å². The maximum Gasteiger partial charge on any atom is 0.0297 e. The Morgan fingerprint density at radius 3 is 2.42 bits per heavy atom. The molecule has 0 aromatic heterocycles. The zero-order valence-electron chi connectivity index (χ0n) is 8.26. The molecule has 2 heteroatoms. The third-order valence-electron chi connectivity index (χ3n) is 2.56. The first-order valence-electron chi connectivity index (χ1n) is 5.31. The predicted octanol–water partition coefficient (Wildman–Crippen LogP) is 1.60. The molecule has 0 spiro atoms. The van der Waals surface area contributed by atoms with Gasteiger partial charge in [-0.1, -0.05) is 32.6 Å². The zero-order chi connectivity index (χ0) is 8.81. The van der Waals surface area contributed by atoms with Gasteiger partial charge < -0.3 is 10.6 Å². The highest BCUT2D eigenvalue weighted by Gasteiger charge is 2.21. The van der Waals surface area contributed by atoms with Crippen molar-refractivity contribution in [1.82, 2.24) is 4.90 Å². The Hall–Kier alpha value is -0.0800. The van der Waals surface area contributed by atoms with Crippen molar-refractivity contribution in [2.75, 3.05) is 19.6 Å². The molecule has 12 heavy (non-hydrogen) atoms. The SMILES string of the molecule is CCCCCCCN1CC(N)C1. The Kier molecular flexibility index (Phi) is 4.62. The van der Waals surface area contributed by atoms with E-state index in [0.717, 1.165) is 13.1 Å². The van der Waals surface area contributed by atoms with Crippen LogP contribution in [0.3, 0.4) is 0 Å².